The number of nitrogens with zero attached hydrogens (tertiary/aromatic N) is 2. The predicted octanol–water partition coefficient (Wildman–Crippen LogP) is 5.18. The maximum absolute atomic E-state index is 5.92. The summed E-state index contributed by atoms with van der Waals surface area (Å²) in [5, 5.41) is 3.31. The van der Waals surface area contributed by atoms with Crippen LogP contribution in [-0.2, 0) is 10.3 Å². The quantitative estimate of drug-likeness (QED) is 0.560. The van der Waals surface area contributed by atoms with Crippen molar-refractivity contribution in [3.05, 3.63) is 58.9 Å². The second kappa shape index (κ2) is 8.53. The zero-order valence-electron chi connectivity index (χ0n) is 17.1. The second-order valence-electron chi connectivity index (χ2n) is 7.38. The standard InChI is InChI=1S/C23H26N2O3S/c1-25(2)23(12-14-27-15-13-23)22-24-21(16-29-22)17-4-6-19(7-5-17)28-20-10-8-18(26-3)9-11-20/h4-11,16H,12-15H2,1-3H3. The summed E-state index contributed by atoms with van der Waals surface area (Å²) in [7, 11) is 5.93. The molecule has 0 bridgehead atoms. The van der Waals surface area contributed by atoms with Crippen LogP contribution < -0.4 is 9.47 Å². The average Bonchev–Trinajstić information content (AvgIpc) is 3.26. The molecule has 0 saturated carbocycles. The maximum atomic E-state index is 5.92. The Kier molecular flexibility index (Phi) is 5.85. The zero-order chi connectivity index (χ0) is 20.3. The summed E-state index contributed by atoms with van der Waals surface area (Å²) < 4.78 is 16.7. The molecule has 4 rings (SSSR count). The van der Waals surface area contributed by atoms with Crippen molar-refractivity contribution in [2.45, 2.75) is 18.4 Å². The minimum atomic E-state index is -0.0292. The summed E-state index contributed by atoms with van der Waals surface area (Å²) in [6.45, 7) is 1.56. The Balaban J connectivity index is 1.50. The molecule has 0 radical (unpaired) electrons. The van der Waals surface area contributed by atoms with Crippen molar-refractivity contribution in [1.29, 1.82) is 0 Å². The highest BCUT2D eigenvalue weighted by molar-refractivity contribution is 7.10. The number of benzene rings is 2. The normalized spacial score (nSPS) is 16.0. The minimum Gasteiger partial charge on any atom is -0.497 e. The lowest BCUT2D eigenvalue weighted by Crippen LogP contribution is -2.45. The van der Waals surface area contributed by atoms with Crippen LogP contribution in [0.2, 0.25) is 0 Å². The fourth-order valence-corrected chi connectivity index (χ4v) is 4.82. The smallest absolute Gasteiger partial charge is 0.127 e. The van der Waals surface area contributed by atoms with Gasteiger partial charge in [0.2, 0.25) is 0 Å². The van der Waals surface area contributed by atoms with E-state index in [0.29, 0.717) is 0 Å². The summed E-state index contributed by atoms with van der Waals surface area (Å²) in [5.74, 6) is 2.39. The van der Waals surface area contributed by atoms with Crippen molar-refractivity contribution in [3.63, 3.8) is 0 Å². The summed E-state index contributed by atoms with van der Waals surface area (Å²) in [5.41, 5.74) is 2.07. The highest BCUT2D eigenvalue weighted by Gasteiger charge is 2.39. The van der Waals surface area contributed by atoms with Crippen LogP contribution in [0.5, 0.6) is 17.2 Å². The number of hydrogen-bond donors (Lipinski definition) is 0. The summed E-state index contributed by atoms with van der Waals surface area (Å²) in [6.07, 6.45) is 1.95. The summed E-state index contributed by atoms with van der Waals surface area (Å²) >= 11 is 1.74. The molecule has 3 aromatic rings. The van der Waals surface area contributed by atoms with Crippen LogP contribution in [0.4, 0.5) is 0 Å². The molecule has 0 N–H and O–H groups in total. The highest BCUT2D eigenvalue weighted by Crippen LogP contribution is 2.39. The Morgan fingerprint density at radius 3 is 2.10 bits per heavy atom. The van der Waals surface area contributed by atoms with Crippen LogP contribution in [0, 0.1) is 0 Å². The van der Waals surface area contributed by atoms with Gasteiger partial charge in [0, 0.05) is 24.2 Å². The van der Waals surface area contributed by atoms with E-state index in [1.54, 1.807) is 18.4 Å². The molecule has 1 fully saturated rings. The van der Waals surface area contributed by atoms with E-state index >= 15 is 0 Å². The molecular weight excluding hydrogens is 384 g/mol. The second-order valence-corrected chi connectivity index (χ2v) is 8.24. The van der Waals surface area contributed by atoms with Crippen LogP contribution in [-0.4, -0.2) is 44.3 Å². The molecule has 1 aromatic heterocycles. The SMILES string of the molecule is COc1ccc(Oc2ccc(-c3csc(C4(N(C)C)CCOCC4)n3)cc2)cc1. The van der Waals surface area contributed by atoms with Crippen LogP contribution in [0.3, 0.4) is 0 Å². The molecule has 2 heterocycles. The van der Waals surface area contributed by atoms with Gasteiger partial charge in [-0.15, -0.1) is 11.3 Å². The molecule has 1 aliphatic rings. The van der Waals surface area contributed by atoms with Crippen molar-refractivity contribution >= 4 is 11.3 Å². The predicted molar refractivity (Wildman–Crippen MR) is 116 cm³/mol. The lowest BCUT2D eigenvalue weighted by atomic mass is 9.89. The van der Waals surface area contributed by atoms with Crippen molar-refractivity contribution in [2.75, 3.05) is 34.4 Å². The van der Waals surface area contributed by atoms with Crippen LogP contribution in [0.25, 0.3) is 11.3 Å². The molecule has 152 valence electrons. The third-order valence-electron chi connectivity index (χ3n) is 5.52. The van der Waals surface area contributed by atoms with E-state index in [2.05, 4.69) is 36.5 Å². The van der Waals surface area contributed by atoms with Gasteiger partial charge in [-0.2, -0.15) is 0 Å². The van der Waals surface area contributed by atoms with Crippen LogP contribution >= 0.6 is 11.3 Å². The van der Waals surface area contributed by atoms with E-state index in [9.17, 15) is 0 Å². The molecule has 0 amide bonds. The molecule has 29 heavy (non-hydrogen) atoms. The third kappa shape index (κ3) is 4.15. The van der Waals surface area contributed by atoms with Gasteiger partial charge in [0.1, 0.15) is 22.3 Å². The van der Waals surface area contributed by atoms with Gasteiger partial charge in [-0.05, 0) is 75.5 Å². The number of ether oxygens (including phenoxy) is 3. The fraction of sp³-hybridized carbons (Fsp3) is 0.348. The zero-order valence-corrected chi connectivity index (χ0v) is 17.9. The first-order valence-electron chi connectivity index (χ1n) is 9.74. The van der Waals surface area contributed by atoms with E-state index in [1.165, 1.54) is 5.01 Å². The van der Waals surface area contributed by atoms with E-state index in [0.717, 1.165) is 54.6 Å². The Hall–Kier alpha value is -2.41. The van der Waals surface area contributed by atoms with Gasteiger partial charge in [-0.25, -0.2) is 4.98 Å². The molecule has 1 saturated heterocycles. The first-order chi connectivity index (χ1) is 14.1. The van der Waals surface area contributed by atoms with Gasteiger partial charge < -0.3 is 14.2 Å². The Labute approximate surface area is 175 Å². The van der Waals surface area contributed by atoms with Gasteiger partial charge in [-0.3, -0.25) is 4.90 Å². The minimum absolute atomic E-state index is 0.0292. The van der Waals surface area contributed by atoms with Gasteiger partial charge in [-0.1, -0.05) is 0 Å². The monoisotopic (exact) mass is 410 g/mol. The van der Waals surface area contributed by atoms with Crippen LogP contribution in [0.15, 0.2) is 53.9 Å². The number of methoxy groups -OCH3 is 1. The average molecular weight is 411 g/mol. The largest absolute Gasteiger partial charge is 0.497 e. The van der Waals surface area contributed by atoms with Gasteiger partial charge >= 0.3 is 0 Å². The number of rotatable bonds is 6. The van der Waals surface area contributed by atoms with E-state index in [1.807, 2.05) is 36.4 Å². The maximum Gasteiger partial charge on any atom is 0.127 e. The molecule has 6 heteroatoms. The first-order valence-corrected chi connectivity index (χ1v) is 10.6. The summed E-state index contributed by atoms with van der Waals surface area (Å²) in [6, 6.07) is 15.6. The Bertz CT molecular complexity index is 930. The molecule has 0 spiro atoms. The number of aromatic nitrogens is 1. The van der Waals surface area contributed by atoms with E-state index < -0.39 is 0 Å². The van der Waals surface area contributed by atoms with Crippen molar-refractivity contribution in [2.24, 2.45) is 0 Å². The highest BCUT2D eigenvalue weighted by atomic mass is 32.1. The van der Waals surface area contributed by atoms with Crippen LogP contribution in [0.1, 0.15) is 17.8 Å². The van der Waals surface area contributed by atoms with E-state index in [4.69, 9.17) is 19.2 Å². The topological polar surface area (TPSA) is 43.8 Å². The molecular formula is C23H26N2O3S. The van der Waals surface area contributed by atoms with Gasteiger partial charge in [0.25, 0.3) is 0 Å². The van der Waals surface area contributed by atoms with Crippen molar-refractivity contribution in [1.82, 2.24) is 9.88 Å². The number of hydrogen-bond acceptors (Lipinski definition) is 6. The van der Waals surface area contributed by atoms with Crippen molar-refractivity contribution in [3.8, 4) is 28.5 Å². The number of thiazole rings is 1. The fourth-order valence-electron chi connectivity index (χ4n) is 3.66. The van der Waals surface area contributed by atoms with Crippen molar-refractivity contribution < 1.29 is 14.2 Å². The molecule has 2 aromatic carbocycles. The lowest BCUT2D eigenvalue weighted by molar-refractivity contribution is -0.0106. The summed E-state index contributed by atoms with van der Waals surface area (Å²) in [4.78, 5) is 7.29. The Morgan fingerprint density at radius 2 is 1.52 bits per heavy atom. The third-order valence-corrected chi connectivity index (χ3v) is 6.56. The first kappa shape index (κ1) is 19.9. The van der Waals surface area contributed by atoms with Gasteiger partial charge in [0.05, 0.1) is 18.3 Å². The molecule has 0 atom stereocenters. The molecule has 5 nitrogen and oxygen atoms in total. The van der Waals surface area contributed by atoms with Gasteiger partial charge in [0.15, 0.2) is 0 Å². The molecule has 1 aliphatic heterocycles. The molecule has 0 unspecified atom stereocenters. The van der Waals surface area contributed by atoms with E-state index in [-0.39, 0.29) is 5.54 Å². The lowest BCUT2D eigenvalue weighted by Gasteiger charge is -2.41. The molecule has 0 aliphatic carbocycles. The Morgan fingerprint density at radius 1 is 0.931 bits per heavy atom.